The van der Waals surface area contributed by atoms with E-state index in [0.717, 1.165) is 29.7 Å². The number of aryl methyl sites for hydroxylation is 1. The van der Waals surface area contributed by atoms with E-state index in [0.29, 0.717) is 33.2 Å². The van der Waals surface area contributed by atoms with Crippen molar-refractivity contribution in [2.75, 3.05) is 17.7 Å². The number of nitrogens with one attached hydrogen (secondary N) is 1. The standard InChI is InChI=1S/C22H23N3O4S2/c1-3-25-20(27)13-8-5-6-10-15(13)23-22(25)30-12-17(26)24-19-18(21(28)29-4-2)14-9-7-11-16(14)31-19/h5-6,8,10H,3-4,7,9,11-12H2,1-2H3,(H,24,26). The van der Waals surface area contributed by atoms with Gasteiger partial charge in [0.05, 0.1) is 28.8 Å². The number of benzene rings is 1. The van der Waals surface area contributed by atoms with E-state index < -0.39 is 0 Å². The Balaban J connectivity index is 1.53. The number of hydrogen-bond acceptors (Lipinski definition) is 7. The first-order valence-electron chi connectivity index (χ1n) is 10.3. The Morgan fingerprint density at radius 2 is 2.06 bits per heavy atom. The first-order valence-corrected chi connectivity index (χ1v) is 12.1. The lowest BCUT2D eigenvalue weighted by atomic mass is 10.1. The number of hydrogen-bond donors (Lipinski definition) is 1. The van der Waals surface area contributed by atoms with Gasteiger partial charge in [0.2, 0.25) is 5.91 Å². The summed E-state index contributed by atoms with van der Waals surface area (Å²) in [6, 6.07) is 7.19. The molecule has 1 aliphatic carbocycles. The maximum Gasteiger partial charge on any atom is 0.341 e. The van der Waals surface area contributed by atoms with E-state index in [2.05, 4.69) is 10.3 Å². The van der Waals surface area contributed by atoms with Gasteiger partial charge in [-0.25, -0.2) is 9.78 Å². The number of rotatable bonds is 7. The number of thioether (sulfide) groups is 1. The second kappa shape index (κ2) is 9.23. The molecule has 4 rings (SSSR count). The zero-order valence-electron chi connectivity index (χ0n) is 17.4. The van der Waals surface area contributed by atoms with Gasteiger partial charge >= 0.3 is 5.97 Å². The zero-order chi connectivity index (χ0) is 22.0. The number of para-hydroxylation sites is 1. The molecule has 1 N–H and O–H groups in total. The molecule has 0 aliphatic heterocycles. The quantitative estimate of drug-likeness (QED) is 0.329. The molecule has 162 valence electrons. The Morgan fingerprint density at radius 3 is 2.84 bits per heavy atom. The third-order valence-electron chi connectivity index (χ3n) is 5.13. The number of amides is 1. The van der Waals surface area contributed by atoms with Crippen molar-refractivity contribution in [1.82, 2.24) is 9.55 Å². The van der Waals surface area contributed by atoms with Crippen LogP contribution in [0.25, 0.3) is 10.9 Å². The van der Waals surface area contributed by atoms with Crippen LogP contribution in [0.4, 0.5) is 5.00 Å². The second-order valence-electron chi connectivity index (χ2n) is 7.08. The smallest absolute Gasteiger partial charge is 0.341 e. The highest BCUT2D eigenvalue weighted by Crippen LogP contribution is 2.39. The van der Waals surface area contributed by atoms with Crippen LogP contribution in [0.3, 0.4) is 0 Å². The van der Waals surface area contributed by atoms with Crippen molar-refractivity contribution in [1.29, 1.82) is 0 Å². The Labute approximate surface area is 187 Å². The largest absolute Gasteiger partial charge is 0.462 e. The van der Waals surface area contributed by atoms with Gasteiger partial charge in [-0.15, -0.1) is 11.3 Å². The molecular formula is C22H23N3O4S2. The number of thiophene rings is 1. The van der Waals surface area contributed by atoms with Crippen LogP contribution >= 0.6 is 23.1 Å². The van der Waals surface area contributed by atoms with Crippen LogP contribution in [0.2, 0.25) is 0 Å². The van der Waals surface area contributed by atoms with E-state index >= 15 is 0 Å². The van der Waals surface area contributed by atoms with E-state index in [9.17, 15) is 14.4 Å². The minimum absolute atomic E-state index is 0.0790. The average molecular weight is 458 g/mol. The minimum atomic E-state index is -0.388. The molecule has 2 heterocycles. The predicted octanol–water partition coefficient (Wildman–Crippen LogP) is 3.87. The van der Waals surface area contributed by atoms with Gasteiger partial charge in [0.25, 0.3) is 5.56 Å². The summed E-state index contributed by atoms with van der Waals surface area (Å²) in [5.74, 6) is -0.559. The molecule has 0 bridgehead atoms. The number of ether oxygens (including phenoxy) is 1. The lowest BCUT2D eigenvalue weighted by Gasteiger charge is -2.11. The Kier molecular flexibility index (Phi) is 6.43. The van der Waals surface area contributed by atoms with E-state index in [-0.39, 0.29) is 29.8 Å². The van der Waals surface area contributed by atoms with Crippen LogP contribution in [0.5, 0.6) is 0 Å². The highest BCUT2D eigenvalue weighted by atomic mass is 32.2. The van der Waals surface area contributed by atoms with Crippen molar-refractivity contribution in [2.45, 2.75) is 44.8 Å². The number of nitrogens with zero attached hydrogens (tertiary/aromatic N) is 2. The van der Waals surface area contributed by atoms with Crippen molar-refractivity contribution < 1.29 is 14.3 Å². The lowest BCUT2D eigenvalue weighted by molar-refractivity contribution is -0.113. The van der Waals surface area contributed by atoms with Crippen LogP contribution in [0.15, 0.2) is 34.2 Å². The first kappa shape index (κ1) is 21.6. The van der Waals surface area contributed by atoms with E-state index in [1.165, 1.54) is 23.1 Å². The molecule has 2 aromatic heterocycles. The number of anilines is 1. The zero-order valence-corrected chi connectivity index (χ0v) is 19.0. The molecule has 0 saturated heterocycles. The van der Waals surface area contributed by atoms with E-state index in [4.69, 9.17) is 4.74 Å². The summed E-state index contributed by atoms with van der Waals surface area (Å²) in [7, 11) is 0. The summed E-state index contributed by atoms with van der Waals surface area (Å²) in [5.41, 5.74) is 1.99. The maximum atomic E-state index is 12.7. The number of esters is 1. The summed E-state index contributed by atoms with van der Waals surface area (Å²) < 4.78 is 6.78. The molecule has 0 radical (unpaired) electrons. The fourth-order valence-electron chi connectivity index (χ4n) is 3.74. The average Bonchev–Trinajstić information content (AvgIpc) is 3.33. The van der Waals surface area contributed by atoms with Gasteiger partial charge in [-0.1, -0.05) is 23.9 Å². The highest BCUT2D eigenvalue weighted by molar-refractivity contribution is 7.99. The molecule has 7 nitrogen and oxygen atoms in total. The van der Waals surface area contributed by atoms with Crippen LogP contribution in [-0.4, -0.2) is 33.8 Å². The molecule has 31 heavy (non-hydrogen) atoms. The van der Waals surface area contributed by atoms with Crippen LogP contribution in [0.1, 0.15) is 41.1 Å². The fraction of sp³-hybridized carbons (Fsp3) is 0.364. The minimum Gasteiger partial charge on any atom is -0.462 e. The molecule has 0 fully saturated rings. The molecular weight excluding hydrogens is 434 g/mol. The Bertz CT molecular complexity index is 1220. The topological polar surface area (TPSA) is 90.3 Å². The van der Waals surface area contributed by atoms with Gasteiger partial charge in [-0.3, -0.25) is 14.2 Å². The maximum absolute atomic E-state index is 12.7. The van der Waals surface area contributed by atoms with Gasteiger partial charge in [-0.2, -0.15) is 0 Å². The first-order chi connectivity index (χ1) is 15.0. The van der Waals surface area contributed by atoms with Gasteiger partial charge in [0.15, 0.2) is 5.16 Å². The van der Waals surface area contributed by atoms with Crippen LogP contribution < -0.4 is 10.9 Å². The van der Waals surface area contributed by atoms with Gasteiger partial charge in [0, 0.05) is 11.4 Å². The van der Waals surface area contributed by atoms with E-state index in [1.54, 1.807) is 23.6 Å². The molecule has 9 heteroatoms. The van der Waals surface area contributed by atoms with Gasteiger partial charge < -0.3 is 10.1 Å². The normalized spacial score (nSPS) is 12.7. The molecule has 1 aromatic carbocycles. The van der Waals surface area contributed by atoms with Crippen molar-refractivity contribution in [2.24, 2.45) is 0 Å². The summed E-state index contributed by atoms with van der Waals surface area (Å²) in [5, 5.41) is 4.49. The highest BCUT2D eigenvalue weighted by Gasteiger charge is 2.28. The SMILES string of the molecule is CCOC(=O)c1c(NC(=O)CSc2nc3ccccc3c(=O)n2CC)sc2c1CCC2. The number of carbonyl (C=O) groups is 2. The summed E-state index contributed by atoms with van der Waals surface area (Å²) >= 11 is 2.66. The fourth-order valence-corrected chi connectivity index (χ4v) is 5.90. The van der Waals surface area contributed by atoms with Crippen molar-refractivity contribution >= 4 is 50.9 Å². The summed E-state index contributed by atoms with van der Waals surface area (Å²) in [4.78, 5) is 43.6. The molecule has 3 aromatic rings. The van der Waals surface area contributed by atoms with Crippen molar-refractivity contribution in [3.05, 3.63) is 50.6 Å². The summed E-state index contributed by atoms with van der Waals surface area (Å²) in [6.07, 6.45) is 2.76. The third-order valence-corrected chi connectivity index (χ3v) is 7.31. The molecule has 0 saturated carbocycles. The Hall–Kier alpha value is -2.65. The summed E-state index contributed by atoms with van der Waals surface area (Å²) in [6.45, 7) is 4.39. The number of fused-ring (bicyclic) bond motifs is 2. The number of carbonyl (C=O) groups excluding carboxylic acids is 2. The van der Waals surface area contributed by atoms with E-state index in [1.807, 2.05) is 19.1 Å². The van der Waals surface area contributed by atoms with Gasteiger partial charge in [-0.05, 0) is 50.8 Å². The third kappa shape index (κ3) is 4.24. The van der Waals surface area contributed by atoms with Crippen molar-refractivity contribution in [3.8, 4) is 0 Å². The van der Waals surface area contributed by atoms with Crippen LogP contribution in [0, 0.1) is 0 Å². The molecule has 1 amide bonds. The molecule has 1 aliphatic rings. The molecule has 0 spiro atoms. The predicted molar refractivity (Wildman–Crippen MR) is 123 cm³/mol. The van der Waals surface area contributed by atoms with Crippen LogP contribution in [-0.2, 0) is 28.9 Å². The Morgan fingerprint density at radius 1 is 1.26 bits per heavy atom. The monoisotopic (exact) mass is 457 g/mol. The van der Waals surface area contributed by atoms with Crippen molar-refractivity contribution in [3.63, 3.8) is 0 Å². The van der Waals surface area contributed by atoms with Gasteiger partial charge in [0.1, 0.15) is 5.00 Å². The number of aromatic nitrogens is 2. The molecule has 0 atom stereocenters. The molecule has 0 unspecified atom stereocenters. The lowest BCUT2D eigenvalue weighted by Crippen LogP contribution is -2.23. The second-order valence-corrected chi connectivity index (χ2v) is 9.13.